The van der Waals surface area contributed by atoms with Crippen LogP contribution in [0.15, 0.2) is 0 Å². The Bertz CT molecular complexity index is 216. The Morgan fingerprint density at radius 1 is 1.11 bits per heavy atom. The van der Waals surface area contributed by atoms with Crippen molar-refractivity contribution in [2.75, 3.05) is 26.4 Å². The monoisotopic (exact) mass is 269 g/mol. The van der Waals surface area contributed by atoms with Crippen molar-refractivity contribution in [1.82, 2.24) is 5.32 Å². The second-order valence-electron chi connectivity index (χ2n) is 4.57. The normalized spacial score (nSPS) is 25.3. The molecular weight excluding hydrogens is 247 g/mol. The SMILES string of the molecule is CCNC1CCC(OCCOCC(F)(F)F)CC1. The Morgan fingerprint density at radius 3 is 2.33 bits per heavy atom. The Morgan fingerprint density at radius 2 is 1.78 bits per heavy atom. The maximum atomic E-state index is 11.8. The molecule has 1 rings (SSSR count). The Balaban J connectivity index is 1.98. The summed E-state index contributed by atoms with van der Waals surface area (Å²) in [5.74, 6) is 0. The molecule has 0 unspecified atom stereocenters. The zero-order valence-electron chi connectivity index (χ0n) is 10.8. The molecule has 6 heteroatoms. The lowest BCUT2D eigenvalue weighted by atomic mass is 9.93. The van der Waals surface area contributed by atoms with Crippen LogP contribution in [0.3, 0.4) is 0 Å². The van der Waals surface area contributed by atoms with Crippen molar-refractivity contribution in [3.8, 4) is 0 Å². The summed E-state index contributed by atoms with van der Waals surface area (Å²) >= 11 is 0. The maximum Gasteiger partial charge on any atom is 0.411 e. The number of alkyl halides is 3. The van der Waals surface area contributed by atoms with Gasteiger partial charge in [0.25, 0.3) is 0 Å². The van der Waals surface area contributed by atoms with Crippen LogP contribution in [-0.4, -0.2) is 44.7 Å². The summed E-state index contributed by atoms with van der Waals surface area (Å²) in [6.07, 6.45) is 0.0103. The van der Waals surface area contributed by atoms with Gasteiger partial charge in [0.2, 0.25) is 0 Å². The van der Waals surface area contributed by atoms with Gasteiger partial charge in [0.15, 0.2) is 0 Å². The highest BCUT2D eigenvalue weighted by Crippen LogP contribution is 2.21. The molecule has 18 heavy (non-hydrogen) atoms. The summed E-state index contributed by atoms with van der Waals surface area (Å²) in [4.78, 5) is 0. The third-order valence-electron chi connectivity index (χ3n) is 3.01. The van der Waals surface area contributed by atoms with Gasteiger partial charge in [-0.2, -0.15) is 13.2 Å². The molecule has 0 saturated heterocycles. The quantitative estimate of drug-likeness (QED) is 0.720. The minimum absolute atomic E-state index is 0.00660. The highest BCUT2D eigenvalue weighted by atomic mass is 19.4. The smallest absolute Gasteiger partial charge is 0.376 e. The van der Waals surface area contributed by atoms with E-state index in [4.69, 9.17) is 4.74 Å². The van der Waals surface area contributed by atoms with E-state index in [9.17, 15) is 13.2 Å². The van der Waals surface area contributed by atoms with Crippen molar-refractivity contribution >= 4 is 0 Å². The summed E-state index contributed by atoms with van der Waals surface area (Å²) in [6, 6.07) is 0.566. The molecule has 1 aliphatic carbocycles. The first-order valence-corrected chi connectivity index (χ1v) is 6.50. The zero-order chi connectivity index (χ0) is 13.4. The van der Waals surface area contributed by atoms with Crippen molar-refractivity contribution in [1.29, 1.82) is 0 Å². The number of hydrogen-bond acceptors (Lipinski definition) is 3. The molecule has 1 N–H and O–H groups in total. The fourth-order valence-corrected chi connectivity index (χ4v) is 2.18. The van der Waals surface area contributed by atoms with Gasteiger partial charge >= 0.3 is 6.18 Å². The number of halogens is 3. The number of nitrogens with one attached hydrogen (secondary N) is 1. The first-order chi connectivity index (χ1) is 8.51. The van der Waals surface area contributed by atoms with E-state index in [0.717, 1.165) is 32.2 Å². The Hall–Kier alpha value is -0.330. The number of ether oxygens (including phenoxy) is 2. The van der Waals surface area contributed by atoms with E-state index < -0.39 is 12.8 Å². The molecule has 1 fully saturated rings. The van der Waals surface area contributed by atoms with Crippen molar-refractivity contribution < 1.29 is 22.6 Å². The van der Waals surface area contributed by atoms with Gasteiger partial charge in [0, 0.05) is 6.04 Å². The molecule has 0 aromatic carbocycles. The fourth-order valence-electron chi connectivity index (χ4n) is 2.18. The van der Waals surface area contributed by atoms with Crippen LogP contribution in [0.2, 0.25) is 0 Å². The van der Waals surface area contributed by atoms with Crippen LogP contribution < -0.4 is 5.32 Å². The maximum absolute atomic E-state index is 11.8. The molecule has 0 heterocycles. The lowest BCUT2D eigenvalue weighted by Gasteiger charge is -2.28. The molecule has 1 aliphatic rings. The molecule has 0 aromatic heterocycles. The summed E-state index contributed by atoms with van der Waals surface area (Å²) in [5.41, 5.74) is 0. The standard InChI is InChI=1S/C12H22F3NO2/c1-2-16-10-3-5-11(6-4-10)18-8-7-17-9-12(13,14)15/h10-11,16H,2-9H2,1H3. The van der Waals surface area contributed by atoms with Crippen LogP contribution in [-0.2, 0) is 9.47 Å². The van der Waals surface area contributed by atoms with Crippen LogP contribution in [0, 0.1) is 0 Å². The molecule has 0 spiro atoms. The molecule has 0 bridgehead atoms. The van der Waals surface area contributed by atoms with Gasteiger partial charge in [0.05, 0.1) is 19.3 Å². The molecule has 0 amide bonds. The van der Waals surface area contributed by atoms with Gasteiger partial charge in [-0.05, 0) is 32.2 Å². The van der Waals surface area contributed by atoms with Crippen LogP contribution in [0.4, 0.5) is 13.2 Å². The molecule has 0 radical (unpaired) electrons. The van der Waals surface area contributed by atoms with Gasteiger partial charge in [-0.25, -0.2) is 0 Å². The highest BCUT2D eigenvalue weighted by Gasteiger charge is 2.27. The lowest BCUT2D eigenvalue weighted by molar-refractivity contribution is -0.177. The summed E-state index contributed by atoms with van der Waals surface area (Å²) in [5, 5.41) is 3.39. The molecule has 0 aliphatic heterocycles. The molecular formula is C12H22F3NO2. The molecule has 0 atom stereocenters. The Labute approximate surface area is 106 Å². The molecule has 0 aromatic rings. The number of rotatable bonds is 7. The van der Waals surface area contributed by atoms with Gasteiger partial charge < -0.3 is 14.8 Å². The molecule has 1 saturated carbocycles. The topological polar surface area (TPSA) is 30.5 Å². The Kier molecular flexibility index (Phi) is 6.96. The van der Waals surface area contributed by atoms with Crippen LogP contribution in [0.25, 0.3) is 0 Å². The average Bonchev–Trinajstić information content (AvgIpc) is 2.30. The number of hydrogen-bond donors (Lipinski definition) is 1. The average molecular weight is 269 g/mol. The predicted molar refractivity (Wildman–Crippen MR) is 62.5 cm³/mol. The largest absolute Gasteiger partial charge is 0.411 e. The van der Waals surface area contributed by atoms with Crippen molar-refractivity contribution in [3.05, 3.63) is 0 Å². The van der Waals surface area contributed by atoms with Crippen LogP contribution in [0.1, 0.15) is 32.6 Å². The second-order valence-corrected chi connectivity index (χ2v) is 4.57. The van der Waals surface area contributed by atoms with Gasteiger partial charge in [0.1, 0.15) is 6.61 Å². The van der Waals surface area contributed by atoms with Crippen molar-refractivity contribution in [2.24, 2.45) is 0 Å². The van der Waals surface area contributed by atoms with Gasteiger partial charge in [-0.3, -0.25) is 0 Å². The van der Waals surface area contributed by atoms with E-state index in [1.165, 1.54) is 0 Å². The summed E-state index contributed by atoms with van der Waals surface area (Å²) in [7, 11) is 0. The van der Waals surface area contributed by atoms with E-state index in [2.05, 4.69) is 17.0 Å². The summed E-state index contributed by atoms with van der Waals surface area (Å²) in [6.45, 7) is 2.12. The minimum atomic E-state index is -4.25. The van der Waals surface area contributed by atoms with Crippen LogP contribution in [0.5, 0.6) is 0 Å². The van der Waals surface area contributed by atoms with Crippen molar-refractivity contribution in [3.63, 3.8) is 0 Å². The summed E-state index contributed by atoms with van der Waals surface area (Å²) < 4.78 is 45.3. The lowest BCUT2D eigenvalue weighted by Crippen LogP contribution is -2.35. The van der Waals surface area contributed by atoms with E-state index >= 15 is 0 Å². The fraction of sp³-hybridized carbons (Fsp3) is 1.00. The van der Waals surface area contributed by atoms with Crippen LogP contribution >= 0.6 is 0 Å². The third kappa shape index (κ3) is 7.18. The first-order valence-electron chi connectivity index (χ1n) is 6.50. The predicted octanol–water partition coefficient (Wildman–Crippen LogP) is 2.50. The van der Waals surface area contributed by atoms with E-state index in [1.54, 1.807) is 0 Å². The molecule has 3 nitrogen and oxygen atoms in total. The minimum Gasteiger partial charge on any atom is -0.376 e. The first kappa shape index (κ1) is 15.7. The molecule has 108 valence electrons. The second kappa shape index (κ2) is 7.96. The zero-order valence-corrected chi connectivity index (χ0v) is 10.8. The van der Waals surface area contributed by atoms with E-state index in [-0.39, 0.29) is 19.3 Å². The third-order valence-corrected chi connectivity index (χ3v) is 3.01. The van der Waals surface area contributed by atoms with E-state index in [0.29, 0.717) is 6.04 Å². The van der Waals surface area contributed by atoms with Crippen molar-refractivity contribution in [2.45, 2.75) is 50.9 Å². The van der Waals surface area contributed by atoms with Gasteiger partial charge in [-0.1, -0.05) is 6.92 Å². The van der Waals surface area contributed by atoms with Gasteiger partial charge in [-0.15, -0.1) is 0 Å². The van der Waals surface area contributed by atoms with E-state index in [1.807, 2.05) is 0 Å². The highest BCUT2D eigenvalue weighted by molar-refractivity contribution is 4.76.